The molecule has 0 radical (unpaired) electrons. The fourth-order valence-electron chi connectivity index (χ4n) is 2.56. The highest BCUT2D eigenvalue weighted by molar-refractivity contribution is 5.94. The van der Waals surface area contributed by atoms with E-state index in [2.05, 4.69) is 10.2 Å². The van der Waals surface area contributed by atoms with E-state index in [0.29, 0.717) is 26.3 Å². The van der Waals surface area contributed by atoms with Crippen LogP contribution in [0.25, 0.3) is 0 Å². The van der Waals surface area contributed by atoms with Crippen molar-refractivity contribution < 1.29 is 23.1 Å². The van der Waals surface area contributed by atoms with Gasteiger partial charge in [0, 0.05) is 51.8 Å². The summed E-state index contributed by atoms with van der Waals surface area (Å²) in [6.45, 7) is 6.48. The summed E-state index contributed by atoms with van der Waals surface area (Å²) < 4.78 is 31.3. The van der Waals surface area contributed by atoms with E-state index >= 15 is 0 Å². The van der Waals surface area contributed by atoms with Gasteiger partial charge in [0.1, 0.15) is 0 Å². The third-order valence-corrected chi connectivity index (χ3v) is 4.08. The zero-order valence-electron chi connectivity index (χ0n) is 14.3. The second-order valence-corrected chi connectivity index (χ2v) is 5.84. The summed E-state index contributed by atoms with van der Waals surface area (Å²) in [5.74, 6) is -2.64. The van der Waals surface area contributed by atoms with E-state index in [1.54, 1.807) is 4.90 Å². The van der Waals surface area contributed by atoms with Crippen molar-refractivity contribution in [3.05, 3.63) is 35.4 Å². The molecule has 2 rings (SSSR count). The Morgan fingerprint density at radius 2 is 1.92 bits per heavy atom. The third-order valence-electron chi connectivity index (χ3n) is 4.08. The molecule has 1 fully saturated rings. The second kappa shape index (κ2) is 9.43. The molecule has 138 valence electrons. The summed E-state index contributed by atoms with van der Waals surface area (Å²) in [5, 5.41) is 2.61. The predicted octanol–water partition coefficient (Wildman–Crippen LogP) is 0.875. The molecule has 1 heterocycles. The minimum absolute atomic E-state index is 0.0431. The number of nitrogens with zero attached hydrogens (tertiary/aromatic N) is 2. The zero-order chi connectivity index (χ0) is 18.2. The monoisotopic (exact) mass is 355 g/mol. The predicted molar refractivity (Wildman–Crippen MR) is 88.2 cm³/mol. The van der Waals surface area contributed by atoms with Crippen LogP contribution < -0.4 is 5.32 Å². The number of ether oxygens (including phenoxy) is 1. The third kappa shape index (κ3) is 6.06. The standard InChI is InChI=1S/C17H23F2N3O3/c1-13(23)22(7-6-21-8-10-25-11-9-21)5-4-20-17(24)14-2-3-15(18)16(19)12-14/h2-3,12H,4-11H2,1H3,(H,20,24). The van der Waals surface area contributed by atoms with Crippen LogP contribution in [0.5, 0.6) is 0 Å². The van der Waals surface area contributed by atoms with Crippen molar-refractivity contribution in [3.63, 3.8) is 0 Å². The molecule has 0 saturated carbocycles. The number of carbonyl (C=O) groups excluding carboxylic acids is 2. The van der Waals surface area contributed by atoms with E-state index in [1.807, 2.05) is 0 Å². The van der Waals surface area contributed by atoms with Gasteiger partial charge in [0.25, 0.3) is 5.91 Å². The van der Waals surface area contributed by atoms with Crippen molar-refractivity contribution in [1.82, 2.24) is 15.1 Å². The topological polar surface area (TPSA) is 61.9 Å². The Morgan fingerprint density at radius 1 is 1.20 bits per heavy atom. The number of nitrogens with one attached hydrogen (secondary N) is 1. The molecular formula is C17H23F2N3O3. The van der Waals surface area contributed by atoms with Gasteiger partial charge in [-0.1, -0.05) is 0 Å². The van der Waals surface area contributed by atoms with E-state index in [0.717, 1.165) is 31.8 Å². The van der Waals surface area contributed by atoms with Gasteiger partial charge in [0.2, 0.25) is 5.91 Å². The molecule has 1 aromatic rings. The van der Waals surface area contributed by atoms with Crippen molar-refractivity contribution in [2.24, 2.45) is 0 Å². The van der Waals surface area contributed by atoms with Crippen LogP contribution in [0.4, 0.5) is 8.78 Å². The van der Waals surface area contributed by atoms with Gasteiger partial charge in [-0.25, -0.2) is 8.78 Å². The zero-order valence-corrected chi connectivity index (χ0v) is 14.3. The Balaban J connectivity index is 1.77. The highest BCUT2D eigenvalue weighted by Crippen LogP contribution is 2.08. The summed E-state index contributed by atoms with van der Waals surface area (Å²) in [4.78, 5) is 27.5. The molecule has 2 amide bonds. The van der Waals surface area contributed by atoms with Crippen LogP contribution in [0.15, 0.2) is 18.2 Å². The number of hydrogen-bond donors (Lipinski definition) is 1. The molecule has 6 nitrogen and oxygen atoms in total. The van der Waals surface area contributed by atoms with E-state index in [-0.39, 0.29) is 18.0 Å². The normalized spacial score (nSPS) is 15.0. The van der Waals surface area contributed by atoms with Crippen molar-refractivity contribution in [1.29, 1.82) is 0 Å². The molecular weight excluding hydrogens is 332 g/mol. The van der Waals surface area contributed by atoms with Crippen molar-refractivity contribution in [2.75, 3.05) is 52.5 Å². The van der Waals surface area contributed by atoms with Crippen LogP contribution in [0.1, 0.15) is 17.3 Å². The summed E-state index contributed by atoms with van der Waals surface area (Å²) >= 11 is 0. The highest BCUT2D eigenvalue weighted by Gasteiger charge is 2.15. The SMILES string of the molecule is CC(=O)N(CCNC(=O)c1ccc(F)c(F)c1)CCN1CCOCC1. The lowest BCUT2D eigenvalue weighted by Gasteiger charge is -2.29. The molecule has 1 aliphatic rings. The summed E-state index contributed by atoms with van der Waals surface area (Å²) in [7, 11) is 0. The average Bonchev–Trinajstić information content (AvgIpc) is 2.60. The minimum atomic E-state index is -1.07. The molecule has 1 aliphatic heterocycles. The van der Waals surface area contributed by atoms with Gasteiger partial charge in [-0.15, -0.1) is 0 Å². The van der Waals surface area contributed by atoms with Crippen LogP contribution in [-0.4, -0.2) is 74.1 Å². The van der Waals surface area contributed by atoms with Crippen LogP contribution in [0.2, 0.25) is 0 Å². The lowest BCUT2D eigenvalue weighted by molar-refractivity contribution is -0.129. The first kappa shape index (κ1) is 19.3. The highest BCUT2D eigenvalue weighted by atomic mass is 19.2. The van der Waals surface area contributed by atoms with Gasteiger partial charge in [-0.2, -0.15) is 0 Å². The van der Waals surface area contributed by atoms with Crippen LogP contribution in [-0.2, 0) is 9.53 Å². The summed E-state index contributed by atoms with van der Waals surface area (Å²) in [5.41, 5.74) is 0.0431. The second-order valence-electron chi connectivity index (χ2n) is 5.84. The maximum Gasteiger partial charge on any atom is 0.251 e. The van der Waals surface area contributed by atoms with Gasteiger partial charge in [0.15, 0.2) is 11.6 Å². The fraction of sp³-hybridized carbons (Fsp3) is 0.529. The van der Waals surface area contributed by atoms with Gasteiger partial charge < -0.3 is 15.0 Å². The average molecular weight is 355 g/mol. The van der Waals surface area contributed by atoms with Crippen LogP contribution in [0.3, 0.4) is 0 Å². The van der Waals surface area contributed by atoms with Crippen molar-refractivity contribution >= 4 is 11.8 Å². The molecule has 0 bridgehead atoms. The molecule has 0 aromatic heterocycles. The lowest BCUT2D eigenvalue weighted by atomic mass is 10.2. The van der Waals surface area contributed by atoms with Crippen LogP contribution >= 0.6 is 0 Å². The van der Waals surface area contributed by atoms with Crippen molar-refractivity contribution in [2.45, 2.75) is 6.92 Å². The summed E-state index contributed by atoms with van der Waals surface area (Å²) in [6.07, 6.45) is 0. The Kier molecular flexibility index (Phi) is 7.27. The lowest BCUT2D eigenvalue weighted by Crippen LogP contribution is -2.44. The Bertz CT molecular complexity index is 607. The Hall–Kier alpha value is -2.06. The molecule has 25 heavy (non-hydrogen) atoms. The van der Waals surface area contributed by atoms with Crippen LogP contribution in [0, 0.1) is 11.6 Å². The quantitative estimate of drug-likeness (QED) is 0.789. The van der Waals surface area contributed by atoms with Gasteiger partial charge in [-0.05, 0) is 18.2 Å². The maximum absolute atomic E-state index is 13.2. The van der Waals surface area contributed by atoms with Gasteiger partial charge >= 0.3 is 0 Å². The molecule has 0 spiro atoms. The van der Waals surface area contributed by atoms with E-state index in [4.69, 9.17) is 4.74 Å². The first-order valence-electron chi connectivity index (χ1n) is 8.26. The number of morpholine rings is 1. The number of hydrogen-bond acceptors (Lipinski definition) is 4. The number of benzene rings is 1. The van der Waals surface area contributed by atoms with E-state index < -0.39 is 17.5 Å². The first-order valence-corrected chi connectivity index (χ1v) is 8.26. The largest absolute Gasteiger partial charge is 0.379 e. The molecule has 1 aromatic carbocycles. The molecule has 1 saturated heterocycles. The fourth-order valence-corrected chi connectivity index (χ4v) is 2.56. The minimum Gasteiger partial charge on any atom is -0.379 e. The number of halogens is 2. The first-order chi connectivity index (χ1) is 12.0. The molecule has 0 unspecified atom stereocenters. The van der Waals surface area contributed by atoms with Gasteiger partial charge in [-0.3, -0.25) is 14.5 Å². The van der Waals surface area contributed by atoms with E-state index in [1.165, 1.54) is 13.0 Å². The number of carbonyl (C=O) groups is 2. The smallest absolute Gasteiger partial charge is 0.251 e. The summed E-state index contributed by atoms with van der Waals surface area (Å²) in [6, 6.07) is 2.98. The molecule has 0 aliphatic carbocycles. The number of rotatable bonds is 7. The van der Waals surface area contributed by atoms with E-state index in [9.17, 15) is 18.4 Å². The molecule has 1 N–H and O–H groups in total. The van der Waals surface area contributed by atoms with Crippen molar-refractivity contribution in [3.8, 4) is 0 Å². The maximum atomic E-state index is 13.2. The molecule has 8 heteroatoms. The van der Waals surface area contributed by atoms with Gasteiger partial charge in [0.05, 0.1) is 13.2 Å². The Labute approximate surface area is 145 Å². The number of amides is 2. The Morgan fingerprint density at radius 3 is 2.56 bits per heavy atom. The molecule has 0 atom stereocenters.